The van der Waals surface area contributed by atoms with Crippen LogP contribution < -0.4 is 0 Å². The van der Waals surface area contributed by atoms with E-state index in [1.165, 1.54) is 0 Å². The molecule has 0 aliphatic carbocycles. The second kappa shape index (κ2) is 5.95. The second-order valence-corrected chi connectivity index (χ2v) is 6.16. The number of benzene rings is 1. The summed E-state index contributed by atoms with van der Waals surface area (Å²) in [4.78, 5) is -0.00838. The standard InChI is InChI=1S/C9H9Br3O3S/c10-3-6-1-7(4-11)9(16(13,14)15)8(2-6)5-12/h1-2H,3-5H2,(H,13,14,15). The SMILES string of the molecule is O=S(=O)(O)c1c(CBr)cc(CBr)cc1CBr. The van der Waals surface area contributed by atoms with Gasteiger partial charge in [0, 0.05) is 16.0 Å². The van der Waals surface area contributed by atoms with Crippen molar-refractivity contribution in [3.63, 3.8) is 0 Å². The summed E-state index contributed by atoms with van der Waals surface area (Å²) < 4.78 is 31.8. The van der Waals surface area contributed by atoms with Crippen LogP contribution in [-0.4, -0.2) is 13.0 Å². The molecule has 0 aliphatic rings. The minimum atomic E-state index is -4.19. The highest BCUT2D eigenvalue weighted by molar-refractivity contribution is 9.09. The van der Waals surface area contributed by atoms with Crippen LogP contribution in [0.25, 0.3) is 0 Å². The summed E-state index contributed by atoms with van der Waals surface area (Å²) >= 11 is 9.76. The Bertz CT molecular complexity index is 460. The average Bonchev–Trinajstić information content (AvgIpc) is 2.25. The van der Waals surface area contributed by atoms with Gasteiger partial charge in [-0.2, -0.15) is 8.42 Å². The molecule has 0 fully saturated rings. The van der Waals surface area contributed by atoms with E-state index in [0.717, 1.165) is 5.56 Å². The Morgan fingerprint density at radius 3 is 1.69 bits per heavy atom. The van der Waals surface area contributed by atoms with Crippen molar-refractivity contribution >= 4 is 57.9 Å². The quantitative estimate of drug-likeness (QED) is 0.579. The zero-order chi connectivity index (χ0) is 12.3. The van der Waals surface area contributed by atoms with E-state index < -0.39 is 10.1 Å². The fourth-order valence-electron chi connectivity index (χ4n) is 1.43. The molecule has 0 saturated carbocycles. The van der Waals surface area contributed by atoms with E-state index in [-0.39, 0.29) is 4.90 Å². The third-order valence-electron chi connectivity index (χ3n) is 2.00. The van der Waals surface area contributed by atoms with Crippen molar-refractivity contribution in [2.45, 2.75) is 20.9 Å². The van der Waals surface area contributed by atoms with Crippen LogP contribution in [0.1, 0.15) is 16.7 Å². The van der Waals surface area contributed by atoms with Crippen LogP contribution in [-0.2, 0) is 26.1 Å². The van der Waals surface area contributed by atoms with Gasteiger partial charge in [0.05, 0.1) is 0 Å². The number of hydrogen-bond donors (Lipinski definition) is 1. The monoisotopic (exact) mass is 434 g/mol. The summed E-state index contributed by atoms with van der Waals surface area (Å²) in [6, 6.07) is 3.50. The molecule has 1 aromatic rings. The lowest BCUT2D eigenvalue weighted by molar-refractivity contribution is 0.482. The Balaban J connectivity index is 3.57. The van der Waals surface area contributed by atoms with E-state index >= 15 is 0 Å². The van der Waals surface area contributed by atoms with Crippen molar-refractivity contribution in [1.82, 2.24) is 0 Å². The lowest BCUT2D eigenvalue weighted by Gasteiger charge is -2.11. The first-order chi connectivity index (χ1) is 7.43. The molecule has 16 heavy (non-hydrogen) atoms. The molecule has 1 rings (SSSR count). The molecule has 0 amide bonds. The normalized spacial score (nSPS) is 11.8. The predicted molar refractivity (Wildman–Crippen MR) is 74.1 cm³/mol. The zero-order valence-electron chi connectivity index (χ0n) is 8.08. The third kappa shape index (κ3) is 3.29. The maximum absolute atomic E-state index is 11.3. The van der Waals surface area contributed by atoms with Gasteiger partial charge in [0.15, 0.2) is 0 Å². The molecule has 0 atom stereocenters. The van der Waals surface area contributed by atoms with Gasteiger partial charge in [0.2, 0.25) is 0 Å². The molecule has 0 unspecified atom stereocenters. The molecular formula is C9H9Br3O3S. The first kappa shape index (κ1) is 14.6. The largest absolute Gasteiger partial charge is 0.295 e. The van der Waals surface area contributed by atoms with Crippen LogP contribution >= 0.6 is 47.8 Å². The minimum absolute atomic E-state index is 0.00838. The van der Waals surface area contributed by atoms with Crippen LogP contribution in [0.5, 0.6) is 0 Å². The smallest absolute Gasteiger partial charge is 0.282 e. The summed E-state index contributed by atoms with van der Waals surface area (Å²) in [7, 11) is -4.19. The maximum Gasteiger partial charge on any atom is 0.295 e. The summed E-state index contributed by atoms with van der Waals surface area (Å²) in [6.07, 6.45) is 0. The molecule has 3 nitrogen and oxygen atoms in total. The fourth-order valence-corrected chi connectivity index (χ4v) is 3.94. The van der Waals surface area contributed by atoms with Gasteiger partial charge < -0.3 is 0 Å². The van der Waals surface area contributed by atoms with Crippen molar-refractivity contribution in [3.05, 3.63) is 28.8 Å². The van der Waals surface area contributed by atoms with Crippen LogP contribution in [0.15, 0.2) is 17.0 Å². The third-order valence-corrected chi connectivity index (χ3v) is 4.90. The molecule has 0 heterocycles. The summed E-state index contributed by atoms with van der Waals surface area (Å²) in [6.45, 7) is 0. The lowest BCUT2D eigenvalue weighted by Crippen LogP contribution is -2.07. The van der Waals surface area contributed by atoms with Gasteiger partial charge in [-0.1, -0.05) is 59.9 Å². The van der Waals surface area contributed by atoms with Crippen molar-refractivity contribution < 1.29 is 13.0 Å². The topological polar surface area (TPSA) is 54.4 Å². The molecule has 0 radical (unpaired) electrons. The summed E-state index contributed by atoms with van der Waals surface area (Å²) in [5.41, 5.74) is 2.10. The zero-order valence-corrected chi connectivity index (χ0v) is 13.7. The molecule has 0 bridgehead atoms. The van der Waals surface area contributed by atoms with Gasteiger partial charge >= 0.3 is 0 Å². The minimum Gasteiger partial charge on any atom is -0.282 e. The number of rotatable bonds is 4. The molecule has 0 saturated heterocycles. The first-order valence-corrected chi connectivity index (χ1v) is 9.04. The Morgan fingerprint density at radius 1 is 1.00 bits per heavy atom. The molecule has 0 spiro atoms. The van der Waals surface area contributed by atoms with Crippen molar-refractivity contribution in [2.24, 2.45) is 0 Å². The maximum atomic E-state index is 11.3. The lowest BCUT2D eigenvalue weighted by atomic mass is 10.1. The molecule has 90 valence electrons. The Morgan fingerprint density at radius 2 is 1.44 bits per heavy atom. The summed E-state index contributed by atoms with van der Waals surface area (Å²) in [5, 5.41) is 1.39. The number of halogens is 3. The van der Waals surface area contributed by atoms with E-state index in [4.69, 9.17) is 0 Å². The van der Waals surface area contributed by atoms with E-state index in [1.807, 2.05) is 0 Å². The molecule has 7 heteroatoms. The van der Waals surface area contributed by atoms with Gasteiger partial charge in [0.1, 0.15) is 4.90 Å². The molecule has 0 aliphatic heterocycles. The Labute approximate surface area is 120 Å². The van der Waals surface area contributed by atoms with Crippen molar-refractivity contribution in [3.8, 4) is 0 Å². The van der Waals surface area contributed by atoms with Gasteiger partial charge in [0.25, 0.3) is 10.1 Å². The van der Waals surface area contributed by atoms with Gasteiger partial charge in [-0.05, 0) is 16.7 Å². The highest BCUT2D eigenvalue weighted by Crippen LogP contribution is 2.27. The Kier molecular flexibility index (Phi) is 5.44. The molecular weight excluding hydrogens is 428 g/mol. The second-order valence-electron chi connectivity index (χ2n) is 3.12. The number of alkyl halides is 3. The summed E-state index contributed by atoms with van der Waals surface area (Å²) in [5.74, 6) is 0. The van der Waals surface area contributed by atoms with Crippen molar-refractivity contribution in [2.75, 3.05) is 0 Å². The van der Waals surface area contributed by atoms with Gasteiger partial charge in [-0.15, -0.1) is 0 Å². The van der Waals surface area contributed by atoms with Gasteiger partial charge in [-0.25, -0.2) is 0 Å². The van der Waals surface area contributed by atoms with Crippen LogP contribution in [0.4, 0.5) is 0 Å². The van der Waals surface area contributed by atoms with E-state index in [0.29, 0.717) is 27.1 Å². The first-order valence-electron chi connectivity index (χ1n) is 4.24. The molecule has 1 N–H and O–H groups in total. The van der Waals surface area contributed by atoms with E-state index in [1.54, 1.807) is 12.1 Å². The van der Waals surface area contributed by atoms with Crippen LogP contribution in [0.2, 0.25) is 0 Å². The molecule has 1 aromatic carbocycles. The average molecular weight is 437 g/mol. The predicted octanol–water partition coefficient (Wildman–Crippen LogP) is 3.62. The Hall–Kier alpha value is 0.570. The van der Waals surface area contributed by atoms with E-state index in [9.17, 15) is 13.0 Å². The highest BCUT2D eigenvalue weighted by Gasteiger charge is 2.20. The number of hydrogen-bond acceptors (Lipinski definition) is 2. The van der Waals surface area contributed by atoms with Crippen molar-refractivity contribution in [1.29, 1.82) is 0 Å². The van der Waals surface area contributed by atoms with Gasteiger partial charge in [-0.3, -0.25) is 4.55 Å². The molecule has 0 aromatic heterocycles. The van der Waals surface area contributed by atoms with Crippen LogP contribution in [0.3, 0.4) is 0 Å². The highest BCUT2D eigenvalue weighted by atomic mass is 79.9. The fraction of sp³-hybridized carbons (Fsp3) is 0.333. The van der Waals surface area contributed by atoms with E-state index in [2.05, 4.69) is 47.8 Å². The van der Waals surface area contributed by atoms with Crippen LogP contribution in [0, 0.1) is 0 Å².